The van der Waals surface area contributed by atoms with Gasteiger partial charge < -0.3 is 4.90 Å². The zero-order chi connectivity index (χ0) is 18.7. The van der Waals surface area contributed by atoms with Gasteiger partial charge >= 0.3 is 0 Å². The summed E-state index contributed by atoms with van der Waals surface area (Å²) in [5.41, 5.74) is 3.16. The molecule has 0 unspecified atom stereocenters. The van der Waals surface area contributed by atoms with Crippen molar-refractivity contribution in [3.63, 3.8) is 0 Å². The second-order valence-electron chi connectivity index (χ2n) is 6.02. The van der Waals surface area contributed by atoms with Crippen LogP contribution in [0.2, 0.25) is 10.0 Å². The van der Waals surface area contributed by atoms with Gasteiger partial charge in [-0.1, -0.05) is 47.5 Å². The lowest BCUT2D eigenvalue weighted by atomic mass is 10.1. The Kier molecular flexibility index (Phi) is 5.55. The number of hydrogen-bond acceptors (Lipinski definition) is 3. The number of rotatable bonds is 4. The number of aromatic nitrogens is 2. The molecule has 1 aromatic heterocycles. The van der Waals surface area contributed by atoms with Crippen molar-refractivity contribution in [1.29, 1.82) is 0 Å². The van der Waals surface area contributed by atoms with Crippen molar-refractivity contribution < 1.29 is 4.79 Å². The number of benzene rings is 2. The largest absolute Gasteiger partial charge is 0.336 e. The number of carbonyl (C=O) groups excluding carboxylic acids is 1. The summed E-state index contributed by atoms with van der Waals surface area (Å²) in [4.78, 5) is 23.1. The molecule has 0 fully saturated rings. The first-order chi connectivity index (χ1) is 12.4. The van der Waals surface area contributed by atoms with Crippen LogP contribution >= 0.6 is 23.2 Å². The molecule has 0 saturated carbocycles. The Labute approximate surface area is 162 Å². The lowest BCUT2D eigenvalue weighted by Crippen LogP contribution is -2.27. The van der Waals surface area contributed by atoms with E-state index in [1.807, 2.05) is 31.2 Å². The molecule has 0 aliphatic carbocycles. The van der Waals surface area contributed by atoms with E-state index in [0.717, 1.165) is 16.7 Å². The number of halogens is 2. The number of hydrogen-bond donors (Lipinski definition) is 0. The van der Waals surface area contributed by atoms with E-state index in [1.54, 1.807) is 42.4 Å². The molecule has 3 rings (SSSR count). The highest BCUT2D eigenvalue weighted by Gasteiger charge is 2.16. The second kappa shape index (κ2) is 7.85. The topological polar surface area (TPSA) is 46.1 Å². The molecule has 132 valence electrons. The summed E-state index contributed by atoms with van der Waals surface area (Å²) in [7, 11) is 1.71. The standard InChI is InChI=1S/C20H17Cl2N3O/c1-13-5-3-4-6-17(13)19-23-8-7-18(24-19)20(26)25(2)12-14-9-15(21)11-16(22)10-14/h3-11H,12H2,1-2H3. The van der Waals surface area contributed by atoms with Crippen LogP contribution in [0.4, 0.5) is 0 Å². The van der Waals surface area contributed by atoms with Gasteiger partial charge in [0.05, 0.1) is 0 Å². The molecule has 2 aromatic carbocycles. The van der Waals surface area contributed by atoms with Crippen LogP contribution in [-0.2, 0) is 6.54 Å². The van der Waals surface area contributed by atoms with Gasteiger partial charge in [0.25, 0.3) is 5.91 Å². The van der Waals surface area contributed by atoms with Crippen LogP contribution in [0.25, 0.3) is 11.4 Å². The van der Waals surface area contributed by atoms with E-state index in [2.05, 4.69) is 9.97 Å². The van der Waals surface area contributed by atoms with Gasteiger partial charge in [0.15, 0.2) is 5.82 Å². The van der Waals surface area contributed by atoms with Gasteiger partial charge in [-0.3, -0.25) is 4.79 Å². The molecule has 4 nitrogen and oxygen atoms in total. The summed E-state index contributed by atoms with van der Waals surface area (Å²) >= 11 is 12.1. The molecular weight excluding hydrogens is 369 g/mol. The maximum absolute atomic E-state index is 12.8. The zero-order valence-corrected chi connectivity index (χ0v) is 15.9. The molecule has 0 saturated heterocycles. The average Bonchev–Trinajstić information content (AvgIpc) is 2.60. The van der Waals surface area contributed by atoms with Crippen molar-refractivity contribution in [1.82, 2.24) is 14.9 Å². The van der Waals surface area contributed by atoms with Gasteiger partial charge in [-0.05, 0) is 42.3 Å². The normalized spacial score (nSPS) is 10.6. The monoisotopic (exact) mass is 385 g/mol. The van der Waals surface area contributed by atoms with Crippen LogP contribution in [0.15, 0.2) is 54.7 Å². The highest BCUT2D eigenvalue weighted by Crippen LogP contribution is 2.21. The van der Waals surface area contributed by atoms with Gasteiger partial charge in [0.1, 0.15) is 5.69 Å². The summed E-state index contributed by atoms with van der Waals surface area (Å²) in [6.45, 7) is 2.37. The van der Waals surface area contributed by atoms with Gasteiger partial charge in [0.2, 0.25) is 0 Å². The molecule has 6 heteroatoms. The highest BCUT2D eigenvalue weighted by atomic mass is 35.5. The van der Waals surface area contributed by atoms with E-state index in [9.17, 15) is 4.79 Å². The molecule has 3 aromatic rings. The molecule has 1 amide bonds. The predicted octanol–water partition coefficient (Wildman–Crippen LogP) is 5.03. The van der Waals surface area contributed by atoms with Crippen LogP contribution in [-0.4, -0.2) is 27.8 Å². The molecule has 0 atom stereocenters. The summed E-state index contributed by atoms with van der Waals surface area (Å²) in [5.74, 6) is 0.339. The van der Waals surface area contributed by atoms with Crippen LogP contribution in [0.1, 0.15) is 21.6 Å². The zero-order valence-electron chi connectivity index (χ0n) is 14.4. The van der Waals surface area contributed by atoms with Gasteiger partial charge in [-0.25, -0.2) is 9.97 Å². The Morgan fingerprint density at radius 2 is 1.77 bits per heavy atom. The summed E-state index contributed by atoms with van der Waals surface area (Å²) < 4.78 is 0. The number of nitrogens with zero attached hydrogens (tertiary/aromatic N) is 3. The van der Waals surface area contributed by atoms with Crippen molar-refractivity contribution in [2.24, 2.45) is 0 Å². The molecular formula is C20H17Cl2N3O. The first kappa shape index (κ1) is 18.4. The Morgan fingerprint density at radius 3 is 2.46 bits per heavy atom. The van der Waals surface area contributed by atoms with Crippen LogP contribution in [0.5, 0.6) is 0 Å². The maximum atomic E-state index is 12.8. The molecule has 0 aliphatic heterocycles. The summed E-state index contributed by atoms with van der Waals surface area (Å²) in [6, 6.07) is 14.7. The van der Waals surface area contributed by atoms with Gasteiger partial charge in [-0.2, -0.15) is 0 Å². The van der Waals surface area contributed by atoms with Crippen molar-refractivity contribution in [3.8, 4) is 11.4 Å². The van der Waals surface area contributed by atoms with Crippen molar-refractivity contribution >= 4 is 29.1 Å². The van der Waals surface area contributed by atoms with Crippen molar-refractivity contribution in [3.05, 3.63) is 81.6 Å². The Hall–Kier alpha value is -2.43. The van der Waals surface area contributed by atoms with E-state index in [-0.39, 0.29) is 5.91 Å². The Morgan fingerprint density at radius 1 is 1.08 bits per heavy atom. The Balaban J connectivity index is 1.83. The minimum Gasteiger partial charge on any atom is -0.336 e. The fourth-order valence-corrected chi connectivity index (χ4v) is 3.25. The fourth-order valence-electron chi connectivity index (χ4n) is 2.67. The highest BCUT2D eigenvalue weighted by molar-refractivity contribution is 6.34. The van der Waals surface area contributed by atoms with Crippen LogP contribution < -0.4 is 0 Å². The molecule has 0 N–H and O–H groups in total. The second-order valence-corrected chi connectivity index (χ2v) is 6.89. The van der Waals surface area contributed by atoms with Crippen molar-refractivity contribution in [2.45, 2.75) is 13.5 Å². The first-order valence-corrected chi connectivity index (χ1v) is 8.79. The quantitative estimate of drug-likeness (QED) is 0.632. The average molecular weight is 386 g/mol. The smallest absolute Gasteiger partial charge is 0.272 e. The molecule has 0 bridgehead atoms. The molecule has 0 radical (unpaired) electrons. The molecule has 0 spiro atoms. The summed E-state index contributed by atoms with van der Waals surface area (Å²) in [5, 5.41) is 1.08. The van der Waals surface area contributed by atoms with Crippen LogP contribution in [0, 0.1) is 6.92 Å². The van der Waals surface area contributed by atoms with Crippen LogP contribution in [0.3, 0.4) is 0 Å². The fraction of sp³-hybridized carbons (Fsp3) is 0.150. The molecule has 0 aliphatic rings. The molecule has 26 heavy (non-hydrogen) atoms. The minimum absolute atomic E-state index is 0.196. The van der Waals surface area contributed by atoms with E-state index < -0.39 is 0 Å². The van der Waals surface area contributed by atoms with E-state index in [4.69, 9.17) is 23.2 Å². The third-order valence-electron chi connectivity index (χ3n) is 3.95. The lowest BCUT2D eigenvalue weighted by Gasteiger charge is -2.17. The third-order valence-corrected chi connectivity index (χ3v) is 4.39. The third kappa shape index (κ3) is 4.21. The van der Waals surface area contributed by atoms with Gasteiger partial charge in [0, 0.05) is 35.4 Å². The number of carbonyl (C=O) groups is 1. The number of aryl methyl sites for hydroxylation is 1. The Bertz CT molecular complexity index is 939. The first-order valence-electron chi connectivity index (χ1n) is 8.03. The maximum Gasteiger partial charge on any atom is 0.272 e. The van der Waals surface area contributed by atoms with E-state index >= 15 is 0 Å². The van der Waals surface area contributed by atoms with E-state index in [1.165, 1.54) is 0 Å². The van der Waals surface area contributed by atoms with E-state index in [0.29, 0.717) is 28.1 Å². The SMILES string of the molecule is Cc1ccccc1-c1nccc(C(=O)N(C)Cc2cc(Cl)cc(Cl)c2)n1. The summed E-state index contributed by atoms with van der Waals surface area (Å²) in [6.07, 6.45) is 1.60. The molecule has 1 heterocycles. The predicted molar refractivity (Wildman–Crippen MR) is 104 cm³/mol. The van der Waals surface area contributed by atoms with Crippen molar-refractivity contribution in [2.75, 3.05) is 7.05 Å². The van der Waals surface area contributed by atoms with Gasteiger partial charge in [-0.15, -0.1) is 0 Å². The number of amides is 1. The lowest BCUT2D eigenvalue weighted by molar-refractivity contribution is 0.0779. The minimum atomic E-state index is -0.196.